The van der Waals surface area contributed by atoms with Crippen molar-refractivity contribution in [1.29, 1.82) is 0 Å². The highest BCUT2D eigenvalue weighted by molar-refractivity contribution is 5.86. The Kier molecular flexibility index (Phi) is 9.53. The normalized spacial score (nSPS) is 12.0. The summed E-state index contributed by atoms with van der Waals surface area (Å²) in [6.07, 6.45) is 3.61. The van der Waals surface area contributed by atoms with E-state index in [1.54, 1.807) is 50.0 Å². The largest absolute Gasteiger partial charge is 0.481 e. The SMILES string of the molecule is Cc1cccc(-c2[nH]ncc2-c2ccc(F)c(-c3cnn(CCNC(=O)C(CCC(=O)O)NC(=O)OC(C)(C)C)c3)c2)n1. The van der Waals surface area contributed by atoms with E-state index in [1.807, 2.05) is 25.1 Å². The number of rotatable bonds is 11. The van der Waals surface area contributed by atoms with Gasteiger partial charge < -0.3 is 20.5 Å². The number of nitrogens with one attached hydrogen (secondary N) is 3. The number of carbonyl (C=O) groups is 3. The third-order valence-corrected chi connectivity index (χ3v) is 6.30. The quantitative estimate of drug-likeness (QED) is 0.200. The number of aromatic amines is 1. The van der Waals surface area contributed by atoms with E-state index in [0.717, 1.165) is 28.2 Å². The Balaban J connectivity index is 1.42. The number of aryl methyl sites for hydroxylation is 1. The number of aliphatic carboxylic acids is 1. The topological polar surface area (TPSA) is 164 Å². The number of alkyl carbamates (subject to hydrolysis) is 1. The van der Waals surface area contributed by atoms with Crippen molar-refractivity contribution in [2.45, 2.75) is 58.7 Å². The molecule has 4 rings (SSSR count). The Morgan fingerprint density at radius 2 is 1.91 bits per heavy atom. The predicted octanol–water partition coefficient (Wildman–Crippen LogP) is 4.32. The Labute approximate surface area is 247 Å². The molecule has 4 N–H and O–H groups in total. The average Bonchev–Trinajstić information content (AvgIpc) is 3.60. The molecule has 1 atom stereocenters. The number of aromatic nitrogens is 5. The van der Waals surface area contributed by atoms with Crippen LogP contribution >= 0.6 is 0 Å². The molecule has 0 aliphatic carbocycles. The van der Waals surface area contributed by atoms with Gasteiger partial charge in [0.1, 0.15) is 17.5 Å². The minimum absolute atomic E-state index is 0.111. The standard InChI is InChI=1S/C30H34FN7O5/c1-18-6-5-7-24(35-18)27-22(16-33-37-27)19-8-9-23(31)21(14-19)20-15-34-38(17-20)13-12-32-28(41)25(10-11-26(39)40)36-29(42)43-30(2,3)4/h5-9,14-17,25H,10-13H2,1-4H3,(H,32,41)(H,33,37)(H,36,42)(H,39,40). The molecule has 43 heavy (non-hydrogen) atoms. The minimum atomic E-state index is -1.10. The van der Waals surface area contributed by atoms with Gasteiger partial charge in [0, 0.05) is 41.5 Å². The van der Waals surface area contributed by atoms with Crippen LogP contribution in [0.3, 0.4) is 0 Å². The van der Waals surface area contributed by atoms with Crippen molar-refractivity contribution in [3.05, 3.63) is 66.5 Å². The lowest BCUT2D eigenvalue weighted by atomic mass is 9.99. The van der Waals surface area contributed by atoms with Gasteiger partial charge in [0.25, 0.3) is 0 Å². The fraction of sp³-hybridized carbons (Fsp3) is 0.333. The zero-order valence-corrected chi connectivity index (χ0v) is 24.3. The molecule has 0 aliphatic heterocycles. The summed E-state index contributed by atoms with van der Waals surface area (Å²) in [6.45, 7) is 7.31. The van der Waals surface area contributed by atoms with Crippen LogP contribution in [0.2, 0.25) is 0 Å². The van der Waals surface area contributed by atoms with Gasteiger partial charge in [-0.3, -0.25) is 24.4 Å². The first kappa shape index (κ1) is 30.9. The van der Waals surface area contributed by atoms with E-state index in [1.165, 1.54) is 12.3 Å². The Morgan fingerprint density at radius 1 is 1.12 bits per heavy atom. The van der Waals surface area contributed by atoms with Crippen molar-refractivity contribution in [2.75, 3.05) is 6.54 Å². The monoisotopic (exact) mass is 591 g/mol. The van der Waals surface area contributed by atoms with Crippen LogP contribution in [0, 0.1) is 12.7 Å². The minimum Gasteiger partial charge on any atom is -0.481 e. The van der Waals surface area contributed by atoms with Gasteiger partial charge in [-0.15, -0.1) is 0 Å². The highest BCUT2D eigenvalue weighted by Gasteiger charge is 2.25. The van der Waals surface area contributed by atoms with Crippen LogP contribution in [0.5, 0.6) is 0 Å². The second-order valence-corrected chi connectivity index (χ2v) is 10.9. The van der Waals surface area contributed by atoms with Crippen LogP contribution in [-0.4, -0.2) is 66.2 Å². The molecule has 1 aromatic carbocycles. The zero-order chi connectivity index (χ0) is 31.1. The number of pyridine rings is 1. The Morgan fingerprint density at radius 3 is 2.63 bits per heavy atom. The van der Waals surface area contributed by atoms with E-state index in [9.17, 15) is 18.8 Å². The molecule has 13 heteroatoms. The van der Waals surface area contributed by atoms with Gasteiger partial charge in [-0.25, -0.2) is 9.18 Å². The number of hydrogen-bond acceptors (Lipinski definition) is 7. The van der Waals surface area contributed by atoms with Crippen LogP contribution < -0.4 is 10.6 Å². The summed E-state index contributed by atoms with van der Waals surface area (Å²) in [7, 11) is 0. The summed E-state index contributed by atoms with van der Waals surface area (Å²) in [5.41, 5.74) is 3.91. The number of carboxylic acid groups (broad SMARTS) is 1. The first-order valence-corrected chi connectivity index (χ1v) is 13.7. The maximum absolute atomic E-state index is 14.9. The number of amides is 2. The van der Waals surface area contributed by atoms with E-state index in [0.29, 0.717) is 11.1 Å². The number of hydrogen-bond donors (Lipinski definition) is 4. The summed E-state index contributed by atoms with van der Waals surface area (Å²) < 4.78 is 21.7. The molecule has 0 saturated carbocycles. The highest BCUT2D eigenvalue weighted by atomic mass is 19.1. The van der Waals surface area contributed by atoms with Crippen LogP contribution in [0.4, 0.5) is 9.18 Å². The number of benzene rings is 1. The van der Waals surface area contributed by atoms with Crippen molar-refractivity contribution >= 4 is 18.0 Å². The fourth-order valence-corrected chi connectivity index (χ4v) is 4.32. The number of nitrogens with zero attached hydrogens (tertiary/aromatic N) is 4. The van der Waals surface area contributed by atoms with Gasteiger partial charge >= 0.3 is 12.1 Å². The third kappa shape index (κ3) is 8.47. The van der Waals surface area contributed by atoms with Crippen molar-refractivity contribution < 1.29 is 28.6 Å². The second-order valence-electron chi connectivity index (χ2n) is 10.9. The molecule has 0 bridgehead atoms. The number of ether oxygens (including phenoxy) is 1. The Bertz CT molecular complexity index is 1610. The van der Waals surface area contributed by atoms with Crippen LogP contribution in [0.1, 0.15) is 39.3 Å². The van der Waals surface area contributed by atoms with E-state index in [2.05, 4.69) is 30.9 Å². The van der Waals surface area contributed by atoms with E-state index < -0.39 is 35.4 Å². The van der Waals surface area contributed by atoms with Crippen LogP contribution in [0.25, 0.3) is 33.6 Å². The van der Waals surface area contributed by atoms with Gasteiger partial charge in [0.15, 0.2) is 0 Å². The van der Waals surface area contributed by atoms with E-state index in [4.69, 9.17) is 9.84 Å². The third-order valence-electron chi connectivity index (χ3n) is 6.30. The number of halogens is 1. The van der Waals surface area contributed by atoms with Gasteiger partial charge in [0.05, 0.1) is 30.3 Å². The van der Waals surface area contributed by atoms with Crippen LogP contribution in [-0.2, 0) is 20.9 Å². The van der Waals surface area contributed by atoms with Crippen molar-refractivity contribution in [3.63, 3.8) is 0 Å². The molecule has 0 spiro atoms. The molecular formula is C30H34FN7O5. The molecule has 0 aliphatic rings. The lowest BCUT2D eigenvalue weighted by Gasteiger charge is -2.23. The number of carboxylic acids is 1. The highest BCUT2D eigenvalue weighted by Crippen LogP contribution is 2.33. The molecule has 0 fully saturated rings. The molecule has 0 saturated heterocycles. The lowest BCUT2D eigenvalue weighted by molar-refractivity contribution is -0.137. The van der Waals surface area contributed by atoms with Crippen molar-refractivity contribution in [3.8, 4) is 33.6 Å². The molecule has 226 valence electrons. The number of carbonyl (C=O) groups excluding carboxylic acids is 2. The van der Waals surface area contributed by atoms with Crippen molar-refractivity contribution in [2.24, 2.45) is 0 Å². The molecule has 2 amide bonds. The first-order chi connectivity index (χ1) is 20.4. The first-order valence-electron chi connectivity index (χ1n) is 13.7. The van der Waals surface area contributed by atoms with Gasteiger partial charge in [-0.2, -0.15) is 10.2 Å². The van der Waals surface area contributed by atoms with Crippen molar-refractivity contribution in [1.82, 2.24) is 35.6 Å². The molecular weight excluding hydrogens is 557 g/mol. The fourth-order valence-electron chi connectivity index (χ4n) is 4.32. The van der Waals surface area contributed by atoms with Gasteiger partial charge in [-0.1, -0.05) is 12.1 Å². The summed E-state index contributed by atoms with van der Waals surface area (Å²) in [6, 6.07) is 9.36. The molecule has 12 nitrogen and oxygen atoms in total. The summed E-state index contributed by atoms with van der Waals surface area (Å²) >= 11 is 0. The maximum Gasteiger partial charge on any atom is 0.408 e. The van der Waals surface area contributed by atoms with E-state index >= 15 is 0 Å². The molecule has 0 radical (unpaired) electrons. The maximum atomic E-state index is 14.9. The lowest BCUT2D eigenvalue weighted by Crippen LogP contribution is -2.48. The molecule has 4 aromatic rings. The summed E-state index contributed by atoms with van der Waals surface area (Å²) in [5.74, 6) is -2.08. The van der Waals surface area contributed by atoms with E-state index in [-0.39, 0.29) is 25.9 Å². The smallest absolute Gasteiger partial charge is 0.408 e. The summed E-state index contributed by atoms with van der Waals surface area (Å²) in [4.78, 5) is 40.5. The number of H-pyrrole nitrogens is 1. The van der Waals surface area contributed by atoms with Gasteiger partial charge in [-0.05, 0) is 63.9 Å². The molecule has 1 unspecified atom stereocenters. The molecule has 3 aromatic heterocycles. The van der Waals surface area contributed by atoms with Gasteiger partial charge in [0.2, 0.25) is 5.91 Å². The van der Waals surface area contributed by atoms with Crippen LogP contribution in [0.15, 0.2) is 55.0 Å². The molecule has 3 heterocycles. The average molecular weight is 592 g/mol. The predicted molar refractivity (Wildman–Crippen MR) is 156 cm³/mol. The second kappa shape index (κ2) is 13.3. The zero-order valence-electron chi connectivity index (χ0n) is 24.3. The summed E-state index contributed by atoms with van der Waals surface area (Å²) in [5, 5.41) is 25.6. The Hall–Kier alpha value is -5.07.